The van der Waals surface area contributed by atoms with E-state index in [2.05, 4.69) is 9.97 Å². The number of rotatable bonds is 4. The average molecular weight is 541 g/mol. The van der Waals surface area contributed by atoms with Crippen molar-refractivity contribution in [2.45, 2.75) is 43.5 Å². The molecule has 2 unspecified atom stereocenters. The van der Waals surface area contributed by atoms with Crippen molar-refractivity contribution in [1.29, 1.82) is 0 Å². The smallest absolute Gasteiger partial charge is 0.256 e. The second kappa shape index (κ2) is 8.84. The summed E-state index contributed by atoms with van der Waals surface area (Å²) < 4.78 is 33.0. The number of piperidine rings is 1. The standard InChI is InChI=1S/C22H26Cl2N6O4S/c1-12-18(25)22(11-34-12)5-7-29(8-6-22)21-28-20(35(26,32)33)16(14-3-2-4-15(23)17(14)24)19-27-9-13(10-31)30(19)21/h2-4,9,12,18,31H,5-8,10-11,25H2,1H3,(H2,26,32,33). The van der Waals surface area contributed by atoms with Gasteiger partial charge >= 0.3 is 0 Å². The quantitative estimate of drug-likeness (QED) is 0.426. The zero-order chi connectivity index (χ0) is 25.1. The van der Waals surface area contributed by atoms with Gasteiger partial charge in [-0.1, -0.05) is 35.3 Å². The highest BCUT2D eigenvalue weighted by Crippen LogP contribution is 2.43. The number of hydrogen-bond acceptors (Lipinski definition) is 8. The first-order valence-corrected chi connectivity index (χ1v) is 13.5. The van der Waals surface area contributed by atoms with Crippen LogP contribution >= 0.6 is 23.2 Å². The summed E-state index contributed by atoms with van der Waals surface area (Å²) >= 11 is 12.7. The number of aliphatic hydroxyl groups is 1. The van der Waals surface area contributed by atoms with Crippen LogP contribution in [0.2, 0.25) is 10.0 Å². The van der Waals surface area contributed by atoms with Crippen LogP contribution in [0.4, 0.5) is 5.95 Å². The van der Waals surface area contributed by atoms with Gasteiger partial charge in [0.25, 0.3) is 10.0 Å². The third kappa shape index (κ3) is 3.99. The van der Waals surface area contributed by atoms with Crippen molar-refractivity contribution in [3.8, 4) is 11.1 Å². The maximum absolute atomic E-state index is 12.8. The number of nitrogens with two attached hydrogens (primary N) is 2. The highest BCUT2D eigenvalue weighted by molar-refractivity contribution is 7.89. The van der Waals surface area contributed by atoms with Gasteiger partial charge in [-0.2, -0.15) is 0 Å². The van der Waals surface area contributed by atoms with Crippen molar-refractivity contribution in [3.63, 3.8) is 0 Å². The molecule has 2 atom stereocenters. The van der Waals surface area contributed by atoms with Gasteiger partial charge < -0.3 is 20.5 Å². The predicted molar refractivity (Wildman–Crippen MR) is 133 cm³/mol. The molecule has 1 aromatic carbocycles. The molecule has 1 spiro atoms. The van der Waals surface area contributed by atoms with Crippen molar-refractivity contribution in [1.82, 2.24) is 14.4 Å². The first-order chi connectivity index (χ1) is 16.6. The SMILES string of the molecule is CC1OCC2(CCN(c3nc(S(N)(=O)=O)c(-c4cccc(Cl)c4Cl)c4ncc(CO)n34)CC2)C1N. The van der Waals surface area contributed by atoms with Gasteiger partial charge in [0.05, 0.1) is 46.8 Å². The summed E-state index contributed by atoms with van der Waals surface area (Å²) in [5.74, 6) is 0.322. The number of aliphatic hydroxyl groups excluding tert-OH is 1. The molecule has 2 saturated heterocycles. The topological polar surface area (TPSA) is 149 Å². The molecule has 0 bridgehead atoms. The first-order valence-electron chi connectivity index (χ1n) is 11.2. The van der Waals surface area contributed by atoms with Gasteiger partial charge in [0, 0.05) is 30.1 Å². The van der Waals surface area contributed by atoms with Crippen LogP contribution in [0.25, 0.3) is 16.8 Å². The van der Waals surface area contributed by atoms with Gasteiger partial charge in [0.2, 0.25) is 5.95 Å². The van der Waals surface area contributed by atoms with Crippen molar-refractivity contribution in [2.24, 2.45) is 16.3 Å². The van der Waals surface area contributed by atoms with Crippen molar-refractivity contribution in [2.75, 3.05) is 24.6 Å². The van der Waals surface area contributed by atoms with Crippen LogP contribution in [0.15, 0.2) is 29.4 Å². The van der Waals surface area contributed by atoms with Crippen molar-refractivity contribution in [3.05, 3.63) is 40.1 Å². The molecule has 0 aliphatic carbocycles. The maximum atomic E-state index is 12.8. The molecule has 5 N–H and O–H groups in total. The molecule has 2 aromatic heterocycles. The van der Waals surface area contributed by atoms with Crippen LogP contribution in [0.5, 0.6) is 0 Å². The lowest BCUT2D eigenvalue weighted by Crippen LogP contribution is -2.51. The van der Waals surface area contributed by atoms with Gasteiger partial charge in [0.15, 0.2) is 10.7 Å². The molecule has 0 saturated carbocycles. The van der Waals surface area contributed by atoms with E-state index in [1.165, 1.54) is 6.20 Å². The Balaban J connectivity index is 1.69. The number of ether oxygens (including phenoxy) is 1. The molecule has 13 heteroatoms. The van der Waals surface area contributed by atoms with E-state index in [4.69, 9.17) is 38.8 Å². The van der Waals surface area contributed by atoms with Crippen LogP contribution in [-0.4, -0.2) is 59.7 Å². The van der Waals surface area contributed by atoms with Crippen molar-refractivity contribution >= 4 is 44.8 Å². The summed E-state index contributed by atoms with van der Waals surface area (Å²) in [5.41, 5.74) is 7.46. The molecular formula is C22H26Cl2N6O4S. The normalized spacial score (nSPS) is 22.4. The van der Waals surface area contributed by atoms with Crippen LogP contribution in [0, 0.1) is 5.41 Å². The fourth-order valence-corrected chi connectivity index (χ4v) is 6.26. The third-order valence-electron chi connectivity index (χ3n) is 7.21. The summed E-state index contributed by atoms with van der Waals surface area (Å²) in [6.45, 7) is 3.37. The zero-order valence-corrected chi connectivity index (χ0v) is 21.3. The lowest BCUT2D eigenvalue weighted by molar-refractivity contribution is 0.0973. The minimum atomic E-state index is -4.29. The molecule has 4 heterocycles. The molecule has 2 fully saturated rings. The van der Waals surface area contributed by atoms with Crippen LogP contribution in [-0.2, 0) is 21.4 Å². The molecule has 2 aliphatic heterocycles. The van der Waals surface area contributed by atoms with Gasteiger partial charge in [-0.15, -0.1) is 0 Å². The minimum Gasteiger partial charge on any atom is -0.390 e. The van der Waals surface area contributed by atoms with E-state index in [0.29, 0.717) is 36.9 Å². The first kappa shape index (κ1) is 24.7. The molecular weight excluding hydrogens is 515 g/mol. The summed E-state index contributed by atoms with van der Waals surface area (Å²) in [7, 11) is -4.29. The van der Waals surface area contributed by atoms with E-state index in [1.54, 1.807) is 22.6 Å². The fourth-order valence-electron chi connectivity index (χ4n) is 5.17. The molecule has 10 nitrogen and oxygen atoms in total. The summed E-state index contributed by atoms with van der Waals surface area (Å²) in [4.78, 5) is 10.9. The van der Waals surface area contributed by atoms with Gasteiger partial charge in [0.1, 0.15) is 0 Å². The number of halogens is 2. The Morgan fingerprint density at radius 3 is 2.60 bits per heavy atom. The number of anilines is 1. The number of benzene rings is 1. The summed E-state index contributed by atoms with van der Waals surface area (Å²) in [6, 6.07) is 4.79. The Labute approximate surface area is 212 Å². The number of primary sulfonamides is 1. The van der Waals surface area contributed by atoms with Gasteiger partial charge in [-0.25, -0.2) is 23.5 Å². The monoisotopic (exact) mass is 540 g/mol. The molecule has 5 rings (SSSR count). The number of sulfonamides is 1. The average Bonchev–Trinajstić information content (AvgIpc) is 3.37. The van der Waals surface area contributed by atoms with E-state index in [-0.39, 0.29) is 50.4 Å². The molecule has 0 radical (unpaired) electrons. The molecule has 0 amide bonds. The van der Waals surface area contributed by atoms with E-state index in [0.717, 1.165) is 12.8 Å². The van der Waals surface area contributed by atoms with E-state index in [1.807, 2.05) is 11.8 Å². The van der Waals surface area contributed by atoms with Crippen molar-refractivity contribution < 1.29 is 18.3 Å². The van der Waals surface area contributed by atoms with E-state index >= 15 is 0 Å². The maximum Gasteiger partial charge on any atom is 0.256 e. The molecule has 3 aromatic rings. The highest BCUT2D eigenvalue weighted by atomic mass is 35.5. The van der Waals surface area contributed by atoms with E-state index < -0.39 is 10.0 Å². The minimum absolute atomic E-state index is 0.0169. The van der Waals surface area contributed by atoms with Crippen LogP contribution < -0.4 is 15.8 Å². The third-order valence-corrected chi connectivity index (χ3v) is 8.87. The second-order valence-corrected chi connectivity index (χ2v) is 11.5. The Morgan fingerprint density at radius 2 is 2.00 bits per heavy atom. The Hall–Kier alpha value is -1.99. The Kier molecular flexibility index (Phi) is 6.24. The van der Waals surface area contributed by atoms with Gasteiger partial charge in [-0.3, -0.25) is 4.40 Å². The number of imidazole rings is 1. The Bertz CT molecular complexity index is 1400. The number of nitrogens with zero attached hydrogens (tertiary/aromatic N) is 4. The van der Waals surface area contributed by atoms with E-state index in [9.17, 15) is 13.5 Å². The highest BCUT2D eigenvalue weighted by Gasteiger charge is 2.48. The number of aromatic nitrogens is 3. The predicted octanol–water partition coefficient (Wildman–Crippen LogP) is 2.18. The summed E-state index contributed by atoms with van der Waals surface area (Å²) in [6.07, 6.45) is 2.95. The number of hydrogen-bond donors (Lipinski definition) is 3. The lowest BCUT2D eigenvalue weighted by Gasteiger charge is -2.41. The van der Waals surface area contributed by atoms with Crippen LogP contribution in [0.1, 0.15) is 25.5 Å². The zero-order valence-electron chi connectivity index (χ0n) is 19.0. The molecule has 35 heavy (non-hydrogen) atoms. The van der Waals surface area contributed by atoms with Crippen LogP contribution in [0.3, 0.4) is 0 Å². The largest absolute Gasteiger partial charge is 0.390 e. The number of fused-ring (bicyclic) bond motifs is 1. The molecule has 188 valence electrons. The Morgan fingerprint density at radius 1 is 1.29 bits per heavy atom. The molecule has 2 aliphatic rings. The lowest BCUT2D eigenvalue weighted by atomic mass is 9.73. The van der Waals surface area contributed by atoms with Gasteiger partial charge in [-0.05, 0) is 25.8 Å². The summed E-state index contributed by atoms with van der Waals surface area (Å²) in [5, 5.41) is 15.7. The second-order valence-electron chi connectivity index (χ2n) is 9.20. The fraction of sp³-hybridized carbons (Fsp3) is 0.455.